The van der Waals surface area contributed by atoms with Crippen molar-refractivity contribution in [1.82, 2.24) is 10.2 Å². The molecule has 2 aliphatic heterocycles. The second-order valence-corrected chi connectivity index (χ2v) is 4.66. The number of ether oxygens (including phenoxy) is 1. The first-order valence-corrected chi connectivity index (χ1v) is 6.52. The molecule has 0 radical (unpaired) electrons. The summed E-state index contributed by atoms with van der Waals surface area (Å²) in [6, 6.07) is 0. The van der Waals surface area contributed by atoms with Crippen molar-refractivity contribution < 1.29 is 9.53 Å². The van der Waals surface area contributed by atoms with E-state index in [2.05, 4.69) is 10.2 Å². The lowest BCUT2D eigenvalue weighted by atomic mass is 9.97. The van der Waals surface area contributed by atoms with Crippen LogP contribution in [-0.2, 0) is 9.53 Å². The van der Waals surface area contributed by atoms with E-state index in [1.807, 2.05) is 25.3 Å². The Morgan fingerprint density at radius 2 is 2.50 bits per heavy atom. The van der Waals surface area contributed by atoms with Crippen molar-refractivity contribution in [2.24, 2.45) is 11.7 Å². The molecule has 0 saturated carbocycles. The molecule has 2 rings (SSSR count). The topological polar surface area (TPSA) is 67.6 Å². The largest absolute Gasteiger partial charge is 0.466 e. The summed E-state index contributed by atoms with van der Waals surface area (Å²) in [5, 5.41) is 3.07. The second-order valence-electron chi connectivity index (χ2n) is 4.66. The molecule has 2 aliphatic rings. The zero-order valence-corrected chi connectivity index (χ0v) is 10.8. The molecule has 2 heterocycles. The number of nitrogens with zero attached hydrogens (tertiary/aromatic N) is 1. The van der Waals surface area contributed by atoms with Crippen molar-refractivity contribution in [3.63, 3.8) is 0 Å². The molecular formula is C13H21N3O2. The lowest BCUT2D eigenvalue weighted by Crippen LogP contribution is -2.41. The van der Waals surface area contributed by atoms with Crippen molar-refractivity contribution in [3.8, 4) is 0 Å². The van der Waals surface area contributed by atoms with Crippen molar-refractivity contribution in [2.45, 2.75) is 25.9 Å². The minimum absolute atomic E-state index is 0.0106. The molecule has 0 aromatic carbocycles. The van der Waals surface area contributed by atoms with Gasteiger partial charge in [0.1, 0.15) is 0 Å². The third kappa shape index (κ3) is 3.04. The Balaban J connectivity index is 1.95. The number of dihydropyridines is 1. The summed E-state index contributed by atoms with van der Waals surface area (Å²) in [6.45, 7) is 4.00. The molecule has 0 bridgehead atoms. The Bertz CT molecular complexity index is 365. The Hall–Kier alpha value is -1.49. The van der Waals surface area contributed by atoms with Gasteiger partial charge in [0.05, 0.1) is 24.4 Å². The first kappa shape index (κ1) is 13.0. The summed E-state index contributed by atoms with van der Waals surface area (Å²) in [6.07, 6.45) is 7.66. The molecule has 0 aromatic rings. The van der Waals surface area contributed by atoms with Gasteiger partial charge in [-0.1, -0.05) is 0 Å². The number of piperidine rings is 1. The summed E-state index contributed by atoms with van der Waals surface area (Å²) < 4.78 is 5.10. The predicted molar refractivity (Wildman–Crippen MR) is 69.3 cm³/mol. The third-order valence-electron chi connectivity index (χ3n) is 3.30. The van der Waals surface area contributed by atoms with Gasteiger partial charge in [0.15, 0.2) is 0 Å². The van der Waals surface area contributed by atoms with Crippen LogP contribution in [0.2, 0.25) is 0 Å². The number of nitrogens with one attached hydrogen (secondary N) is 1. The summed E-state index contributed by atoms with van der Waals surface area (Å²) in [5.74, 6) is -0.0872. The molecular weight excluding hydrogens is 230 g/mol. The molecule has 0 aliphatic carbocycles. The monoisotopic (exact) mass is 251 g/mol. The van der Waals surface area contributed by atoms with Crippen molar-refractivity contribution in [3.05, 3.63) is 24.0 Å². The van der Waals surface area contributed by atoms with Gasteiger partial charge in [-0.15, -0.1) is 0 Å². The first-order chi connectivity index (χ1) is 8.70. The standard InChI is InChI=1S/C13H21N3O2/c1-2-18-13(17)10-4-3-7-16(9-10)11-5-6-12(14)15-8-11/h5-6,8,10,12,15H,2-4,7,9,14H2,1H3. The van der Waals surface area contributed by atoms with E-state index in [1.54, 1.807) is 0 Å². The maximum absolute atomic E-state index is 11.8. The highest BCUT2D eigenvalue weighted by molar-refractivity contribution is 5.72. The third-order valence-corrected chi connectivity index (χ3v) is 3.30. The van der Waals surface area contributed by atoms with Gasteiger partial charge >= 0.3 is 5.97 Å². The summed E-state index contributed by atoms with van der Waals surface area (Å²) in [4.78, 5) is 14.0. The zero-order chi connectivity index (χ0) is 13.0. The lowest BCUT2D eigenvalue weighted by molar-refractivity contribution is -0.149. The molecule has 0 aromatic heterocycles. The molecule has 3 N–H and O–H groups in total. The van der Waals surface area contributed by atoms with Crippen LogP contribution >= 0.6 is 0 Å². The number of allylic oxidation sites excluding steroid dienone is 1. The summed E-state index contributed by atoms with van der Waals surface area (Å²) in [7, 11) is 0. The fourth-order valence-corrected chi connectivity index (χ4v) is 2.35. The van der Waals surface area contributed by atoms with Gasteiger partial charge in [-0.3, -0.25) is 4.79 Å². The average molecular weight is 251 g/mol. The molecule has 18 heavy (non-hydrogen) atoms. The highest BCUT2D eigenvalue weighted by atomic mass is 16.5. The van der Waals surface area contributed by atoms with Crippen LogP contribution in [0.25, 0.3) is 0 Å². The predicted octanol–water partition coefficient (Wildman–Crippen LogP) is 0.547. The minimum atomic E-state index is -0.112. The fourth-order valence-electron chi connectivity index (χ4n) is 2.35. The average Bonchev–Trinajstić information content (AvgIpc) is 2.40. The van der Waals surface area contributed by atoms with Crippen molar-refractivity contribution >= 4 is 5.97 Å². The van der Waals surface area contributed by atoms with Gasteiger partial charge in [-0.05, 0) is 31.9 Å². The molecule has 5 heteroatoms. The van der Waals surface area contributed by atoms with Crippen LogP contribution in [0, 0.1) is 5.92 Å². The Labute approximate surface area is 108 Å². The lowest BCUT2D eigenvalue weighted by Gasteiger charge is -2.35. The molecule has 2 unspecified atom stereocenters. The van der Waals surface area contributed by atoms with E-state index in [9.17, 15) is 4.79 Å². The summed E-state index contributed by atoms with van der Waals surface area (Å²) >= 11 is 0. The number of nitrogens with two attached hydrogens (primary N) is 1. The van der Waals surface area contributed by atoms with E-state index in [0.29, 0.717) is 6.61 Å². The molecule has 0 spiro atoms. The van der Waals surface area contributed by atoms with Gasteiger partial charge < -0.3 is 20.7 Å². The fraction of sp³-hybridized carbons (Fsp3) is 0.615. The van der Waals surface area contributed by atoms with Gasteiger partial charge in [0, 0.05) is 19.3 Å². The van der Waals surface area contributed by atoms with E-state index in [0.717, 1.165) is 31.6 Å². The van der Waals surface area contributed by atoms with Crippen LogP contribution in [0.3, 0.4) is 0 Å². The number of carbonyl (C=O) groups excluding carboxylic acids is 1. The van der Waals surface area contributed by atoms with Crippen LogP contribution in [0.4, 0.5) is 0 Å². The zero-order valence-electron chi connectivity index (χ0n) is 10.8. The van der Waals surface area contributed by atoms with Crippen LogP contribution in [0.5, 0.6) is 0 Å². The van der Waals surface area contributed by atoms with Crippen LogP contribution < -0.4 is 11.1 Å². The minimum Gasteiger partial charge on any atom is -0.466 e. The van der Waals surface area contributed by atoms with Crippen LogP contribution in [0.15, 0.2) is 24.0 Å². The maximum Gasteiger partial charge on any atom is 0.310 e. The summed E-state index contributed by atoms with van der Waals surface area (Å²) in [5.41, 5.74) is 6.80. The van der Waals surface area contributed by atoms with E-state index in [1.165, 1.54) is 0 Å². The van der Waals surface area contributed by atoms with Gasteiger partial charge in [-0.2, -0.15) is 0 Å². The van der Waals surface area contributed by atoms with Gasteiger partial charge in [0.2, 0.25) is 0 Å². The SMILES string of the molecule is CCOC(=O)C1CCCN(C2=CNC(N)C=C2)C1. The van der Waals surface area contributed by atoms with Gasteiger partial charge in [-0.25, -0.2) is 0 Å². The van der Waals surface area contributed by atoms with E-state index < -0.39 is 0 Å². The maximum atomic E-state index is 11.8. The van der Waals surface area contributed by atoms with E-state index in [-0.39, 0.29) is 18.1 Å². The second kappa shape index (κ2) is 5.91. The van der Waals surface area contributed by atoms with Gasteiger partial charge in [0.25, 0.3) is 0 Å². The normalized spacial score (nSPS) is 27.4. The number of hydrogen-bond donors (Lipinski definition) is 2. The number of rotatable bonds is 3. The molecule has 0 amide bonds. The molecule has 1 saturated heterocycles. The van der Waals surface area contributed by atoms with Crippen molar-refractivity contribution in [1.29, 1.82) is 0 Å². The first-order valence-electron chi connectivity index (χ1n) is 6.52. The number of esters is 1. The highest BCUT2D eigenvalue weighted by Crippen LogP contribution is 2.22. The molecule has 1 fully saturated rings. The molecule has 100 valence electrons. The molecule has 2 atom stereocenters. The number of carbonyl (C=O) groups is 1. The highest BCUT2D eigenvalue weighted by Gasteiger charge is 2.27. The number of hydrogen-bond acceptors (Lipinski definition) is 5. The number of likely N-dealkylation sites (tertiary alicyclic amines) is 1. The van der Waals surface area contributed by atoms with E-state index in [4.69, 9.17) is 10.5 Å². The Morgan fingerprint density at radius 1 is 1.67 bits per heavy atom. The smallest absolute Gasteiger partial charge is 0.310 e. The Morgan fingerprint density at radius 3 is 3.17 bits per heavy atom. The van der Waals surface area contributed by atoms with Crippen LogP contribution in [-0.4, -0.2) is 36.7 Å². The Kier molecular flexibility index (Phi) is 4.25. The quantitative estimate of drug-likeness (QED) is 0.717. The molecule has 5 nitrogen and oxygen atoms in total. The van der Waals surface area contributed by atoms with Crippen molar-refractivity contribution in [2.75, 3.05) is 19.7 Å². The van der Waals surface area contributed by atoms with E-state index >= 15 is 0 Å². The van der Waals surface area contributed by atoms with Crippen LogP contribution in [0.1, 0.15) is 19.8 Å².